The standard InChI is InChI=1S/C27H37N9O6/c28-20-6-2-1-5-19(20)26(40)35-14-4-8-22(35)25(39)34-21(7-3-13-31-27(29)30)24(38)33-16-23(37)32-15-17-9-11-18(12-10-17)36(41)42/h1-2,5-6,9-12,21-22,36,41H,3-4,7-8,13-16,28H2,(H,32,37)(H,33,38)(H,34,39)(H4,29,30,31). The molecule has 1 saturated heterocycles. The lowest BCUT2D eigenvalue weighted by atomic mass is 10.1. The Hall–Kier alpha value is -4.73. The molecule has 2 aromatic carbocycles. The van der Waals surface area contributed by atoms with E-state index in [2.05, 4.69) is 20.9 Å². The van der Waals surface area contributed by atoms with E-state index in [1.807, 2.05) is 0 Å². The SMILES string of the molecule is NC(N)=NCCCC(NC(=O)C1CCCN1C(=O)c1ccccc1N)C(=O)NCC(=O)NCc1ccc([NH+]([O-])O)cc1. The third-order valence-electron chi connectivity index (χ3n) is 6.70. The molecule has 1 heterocycles. The monoisotopic (exact) mass is 583 g/mol. The fourth-order valence-corrected chi connectivity index (χ4v) is 4.49. The summed E-state index contributed by atoms with van der Waals surface area (Å²) in [5.41, 5.74) is 18.1. The summed E-state index contributed by atoms with van der Waals surface area (Å²) in [5, 5.41) is 26.8. The van der Waals surface area contributed by atoms with Crippen LogP contribution in [0, 0.1) is 5.21 Å². The largest absolute Gasteiger partial charge is 0.595 e. The lowest BCUT2D eigenvalue weighted by molar-refractivity contribution is -0.991. The molecular formula is C27H37N9O6. The minimum Gasteiger partial charge on any atom is -0.595 e. The van der Waals surface area contributed by atoms with Crippen molar-refractivity contribution in [3.63, 3.8) is 0 Å². The Morgan fingerprint density at radius 1 is 1.10 bits per heavy atom. The van der Waals surface area contributed by atoms with Gasteiger partial charge in [-0.1, -0.05) is 24.3 Å². The summed E-state index contributed by atoms with van der Waals surface area (Å²) in [6.07, 6.45) is 1.57. The minimum absolute atomic E-state index is 0.102. The van der Waals surface area contributed by atoms with Crippen molar-refractivity contribution in [3.8, 4) is 0 Å². The molecule has 1 aliphatic heterocycles. The summed E-state index contributed by atoms with van der Waals surface area (Å²) in [4.78, 5) is 57.2. The lowest BCUT2D eigenvalue weighted by Crippen LogP contribution is -2.99. The molecule has 3 unspecified atom stereocenters. The van der Waals surface area contributed by atoms with E-state index in [1.54, 1.807) is 36.4 Å². The fraction of sp³-hybridized carbons (Fsp3) is 0.370. The van der Waals surface area contributed by atoms with Crippen LogP contribution >= 0.6 is 0 Å². The third-order valence-corrected chi connectivity index (χ3v) is 6.70. The number of benzene rings is 2. The van der Waals surface area contributed by atoms with Gasteiger partial charge in [0, 0.05) is 37.5 Å². The first-order chi connectivity index (χ1) is 20.1. The van der Waals surface area contributed by atoms with Gasteiger partial charge in [0.05, 0.1) is 12.1 Å². The van der Waals surface area contributed by atoms with Crippen molar-refractivity contribution in [2.45, 2.75) is 44.3 Å². The Morgan fingerprint density at radius 3 is 2.48 bits per heavy atom. The maximum absolute atomic E-state index is 13.3. The number of guanidine groups is 1. The number of nitrogens with two attached hydrogens (primary N) is 3. The second-order valence-corrected chi connectivity index (χ2v) is 9.75. The molecule has 3 atom stereocenters. The number of quaternary nitrogens is 1. The maximum Gasteiger partial charge on any atom is 0.256 e. The number of carbonyl (C=O) groups is 4. The zero-order valence-corrected chi connectivity index (χ0v) is 23.0. The summed E-state index contributed by atoms with van der Waals surface area (Å²) in [5.74, 6) is -2.03. The van der Waals surface area contributed by atoms with Gasteiger partial charge in [-0.3, -0.25) is 24.2 Å². The van der Waals surface area contributed by atoms with E-state index in [4.69, 9.17) is 22.4 Å². The second kappa shape index (κ2) is 15.3. The van der Waals surface area contributed by atoms with E-state index >= 15 is 0 Å². The predicted octanol–water partition coefficient (Wildman–Crippen LogP) is -1.75. The number of amides is 4. The van der Waals surface area contributed by atoms with Gasteiger partial charge in [-0.05, 0) is 43.4 Å². The van der Waals surface area contributed by atoms with Crippen LogP contribution in [0.2, 0.25) is 0 Å². The summed E-state index contributed by atoms with van der Waals surface area (Å²) in [6, 6.07) is 10.8. The van der Waals surface area contributed by atoms with Crippen LogP contribution in [0.5, 0.6) is 0 Å². The Morgan fingerprint density at radius 2 is 1.81 bits per heavy atom. The molecule has 0 aromatic heterocycles. The number of hydrogen-bond donors (Lipinski definition) is 8. The Bertz CT molecular complexity index is 1280. The van der Waals surface area contributed by atoms with Gasteiger partial charge in [0.2, 0.25) is 17.7 Å². The van der Waals surface area contributed by atoms with Crippen LogP contribution in [-0.2, 0) is 20.9 Å². The number of nitrogens with zero attached hydrogens (tertiary/aromatic N) is 2. The van der Waals surface area contributed by atoms with Crippen LogP contribution in [0.1, 0.15) is 41.6 Å². The van der Waals surface area contributed by atoms with Crippen molar-refractivity contribution in [2.24, 2.45) is 16.5 Å². The molecule has 1 aliphatic rings. The molecule has 15 heteroatoms. The van der Waals surface area contributed by atoms with Gasteiger partial charge in [0.15, 0.2) is 11.6 Å². The van der Waals surface area contributed by atoms with Gasteiger partial charge < -0.3 is 43.3 Å². The van der Waals surface area contributed by atoms with Gasteiger partial charge in [0.25, 0.3) is 5.91 Å². The number of nitrogen functional groups attached to an aromatic ring is 1. The van der Waals surface area contributed by atoms with E-state index < -0.39 is 35.0 Å². The van der Waals surface area contributed by atoms with Crippen molar-refractivity contribution >= 4 is 41.0 Å². The number of carbonyl (C=O) groups excluding carboxylic acids is 4. The molecule has 0 spiro atoms. The zero-order chi connectivity index (χ0) is 30.6. The topological polar surface area (TPSA) is 246 Å². The molecular weight excluding hydrogens is 546 g/mol. The molecule has 2 aromatic rings. The van der Waals surface area contributed by atoms with Gasteiger partial charge >= 0.3 is 0 Å². The molecule has 0 aliphatic carbocycles. The van der Waals surface area contributed by atoms with Gasteiger partial charge in [-0.25, -0.2) is 5.21 Å². The van der Waals surface area contributed by atoms with Crippen LogP contribution in [0.4, 0.5) is 11.4 Å². The predicted molar refractivity (Wildman–Crippen MR) is 154 cm³/mol. The van der Waals surface area contributed by atoms with Crippen LogP contribution in [0.25, 0.3) is 0 Å². The number of anilines is 1. The number of nitrogens with one attached hydrogen (secondary N) is 4. The molecule has 0 saturated carbocycles. The Labute approximate surface area is 242 Å². The van der Waals surface area contributed by atoms with Crippen LogP contribution in [0.15, 0.2) is 53.5 Å². The Kier molecular flexibility index (Phi) is 11.6. The fourth-order valence-electron chi connectivity index (χ4n) is 4.49. The zero-order valence-electron chi connectivity index (χ0n) is 23.0. The molecule has 226 valence electrons. The van der Waals surface area contributed by atoms with Crippen molar-refractivity contribution in [1.82, 2.24) is 20.9 Å². The Balaban J connectivity index is 1.59. The highest BCUT2D eigenvalue weighted by Crippen LogP contribution is 2.23. The maximum atomic E-state index is 13.3. The van der Waals surface area contributed by atoms with Gasteiger partial charge in [-0.15, -0.1) is 0 Å². The van der Waals surface area contributed by atoms with E-state index in [0.29, 0.717) is 42.6 Å². The lowest BCUT2D eigenvalue weighted by Gasteiger charge is -2.26. The highest BCUT2D eigenvalue weighted by atomic mass is 16.8. The number of para-hydroxylation sites is 1. The molecule has 42 heavy (non-hydrogen) atoms. The second-order valence-electron chi connectivity index (χ2n) is 9.75. The number of likely N-dealkylation sites (tertiary alicyclic amines) is 1. The molecule has 1 fully saturated rings. The quantitative estimate of drug-likeness (QED) is 0.0437. The van der Waals surface area contributed by atoms with Crippen LogP contribution in [0.3, 0.4) is 0 Å². The molecule has 3 rings (SSSR count). The number of hydrogen-bond acceptors (Lipinski definition) is 8. The van der Waals surface area contributed by atoms with Gasteiger partial charge in [-0.2, -0.15) is 5.23 Å². The molecule has 4 amide bonds. The van der Waals surface area contributed by atoms with Crippen molar-refractivity contribution in [2.75, 3.05) is 25.4 Å². The summed E-state index contributed by atoms with van der Waals surface area (Å²) >= 11 is 0. The van der Waals surface area contributed by atoms with Gasteiger partial charge in [0.1, 0.15) is 12.1 Å². The smallest absolute Gasteiger partial charge is 0.256 e. The minimum atomic E-state index is -1.05. The van der Waals surface area contributed by atoms with Crippen LogP contribution in [-0.4, -0.2) is 71.4 Å². The first kappa shape index (κ1) is 31.8. The van der Waals surface area contributed by atoms with Crippen molar-refractivity contribution < 1.29 is 29.6 Å². The first-order valence-corrected chi connectivity index (χ1v) is 13.4. The first-order valence-electron chi connectivity index (χ1n) is 13.4. The van der Waals surface area contributed by atoms with Crippen molar-refractivity contribution in [1.29, 1.82) is 0 Å². The molecule has 15 nitrogen and oxygen atoms in total. The average molecular weight is 584 g/mol. The van der Waals surface area contributed by atoms with Crippen molar-refractivity contribution in [3.05, 3.63) is 64.9 Å². The van der Waals surface area contributed by atoms with E-state index in [9.17, 15) is 24.4 Å². The highest BCUT2D eigenvalue weighted by Gasteiger charge is 2.36. The normalized spacial score (nSPS) is 15.8. The molecule has 0 radical (unpaired) electrons. The van der Waals surface area contributed by atoms with E-state index in [0.717, 1.165) is 0 Å². The molecule has 11 N–H and O–H groups in total. The molecule has 0 bridgehead atoms. The third kappa shape index (κ3) is 9.15. The summed E-state index contributed by atoms with van der Waals surface area (Å²) in [6.45, 7) is 0.370. The summed E-state index contributed by atoms with van der Waals surface area (Å²) in [7, 11) is 0. The average Bonchev–Trinajstić information content (AvgIpc) is 3.46. The van der Waals surface area contributed by atoms with E-state index in [-0.39, 0.29) is 43.6 Å². The number of rotatable bonds is 13. The van der Waals surface area contributed by atoms with E-state index in [1.165, 1.54) is 17.0 Å². The highest BCUT2D eigenvalue weighted by molar-refractivity contribution is 6.02. The van der Waals surface area contributed by atoms with Crippen LogP contribution < -0.4 is 38.4 Å². The summed E-state index contributed by atoms with van der Waals surface area (Å²) < 4.78 is 0. The number of aliphatic imine (C=N–C) groups is 1.